The summed E-state index contributed by atoms with van der Waals surface area (Å²) in [6.07, 6.45) is 0. The van der Waals surface area contributed by atoms with Crippen molar-refractivity contribution in [3.8, 4) is 5.75 Å². The molecule has 0 aromatic heterocycles. The van der Waals surface area contributed by atoms with Gasteiger partial charge in [-0.3, -0.25) is 0 Å². The van der Waals surface area contributed by atoms with Crippen LogP contribution in [0.3, 0.4) is 0 Å². The average Bonchev–Trinajstić information content (AvgIpc) is 2.39. The predicted octanol–water partition coefficient (Wildman–Crippen LogP) is 5.04. The fourth-order valence-corrected chi connectivity index (χ4v) is 2.36. The number of anilines is 1. The first-order valence-electron chi connectivity index (χ1n) is 6.74. The van der Waals surface area contributed by atoms with Crippen molar-refractivity contribution in [1.82, 2.24) is 0 Å². The van der Waals surface area contributed by atoms with Crippen LogP contribution in [0.4, 0.5) is 5.69 Å². The molecular formula is C17H20BrNO. The number of halogens is 1. The van der Waals surface area contributed by atoms with E-state index in [0.29, 0.717) is 12.5 Å². The minimum atomic E-state index is 0.488. The van der Waals surface area contributed by atoms with Gasteiger partial charge in [0.05, 0.1) is 0 Å². The summed E-state index contributed by atoms with van der Waals surface area (Å²) in [5, 5.41) is 0. The topological polar surface area (TPSA) is 35.2 Å². The second-order valence-electron chi connectivity index (χ2n) is 5.31. The highest BCUT2D eigenvalue weighted by Crippen LogP contribution is 2.26. The van der Waals surface area contributed by atoms with Crippen LogP contribution in [0.2, 0.25) is 0 Å². The Morgan fingerprint density at radius 3 is 2.55 bits per heavy atom. The van der Waals surface area contributed by atoms with Crippen molar-refractivity contribution < 1.29 is 4.74 Å². The van der Waals surface area contributed by atoms with E-state index in [1.165, 1.54) is 5.56 Å². The van der Waals surface area contributed by atoms with Gasteiger partial charge in [0.1, 0.15) is 12.4 Å². The standard InChI is InChI=1S/C17H20BrNO/c1-11(2)13-5-4-12(3)17(8-13)20-10-14-6-7-15(18)9-16(14)19/h4-9,11H,10,19H2,1-3H3. The molecule has 0 atom stereocenters. The zero-order valence-corrected chi connectivity index (χ0v) is 13.7. The Labute approximate surface area is 129 Å². The Kier molecular flexibility index (Phi) is 4.71. The highest BCUT2D eigenvalue weighted by Gasteiger charge is 2.06. The predicted molar refractivity (Wildman–Crippen MR) is 88.2 cm³/mol. The van der Waals surface area contributed by atoms with Crippen LogP contribution < -0.4 is 10.5 Å². The summed E-state index contributed by atoms with van der Waals surface area (Å²) in [5.41, 5.74) is 10.2. The molecule has 20 heavy (non-hydrogen) atoms. The van der Waals surface area contributed by atoms with E-state index in [2.05, 4.69) is 54.9 Å². The van der Waals surface area contributed by atoms with Crippen molar-refractivity contribution >= 4 is 21.6 Å². The van der Waals surface area contributed by atoms with Crippen LogP contribution in [0.1, 0.15) is 36.5 Å². The summed E-state index contributed by atoms with van der Waals surface area (Å²) in [7, 11) is 0. The lowest BCUT2D eigenvalue weighted by Gasteiger charge is -2.14. The summed E-state index contributed by atoms with van der Waals surface area (Å²) < 4.78 is 6.92. The van der Waals surface area contributed by atoms with Gasteiger partial charge in [-0.2, -0.15) is 0 Å². The monoisotopic (exact) mass is 333 g/mol. The highest BCUT2D eigenvalue weighted by atomic mass is 79.9. The zero-order chi connectivity index (χ0) is 14.7. The van der Waals surface area contributed by atoms with Gasteiger partial charge in [-0.1, -0.05) is 48.0 Å². The van der Waals surface area contributed by atoms with E-state index in [9.17, 15) is 0 Å². The molecule has 2 aromatic carbocycles. The Hall–Kier alpha value is -1.48. The van der Waals surface area contributed by atoms with Crippen LogP contribution >= 0.6 is 15.9 Å². The van der Waals surface area contributed by atoms with Crippen LogP contribution in [0.5, 0.6) is 5.75 Å². The lowest BCUT2D eigenvalue weighted by atomic mass is 10.0. The largest absolute Gasteiger partial charge is 0.489 e. The maximum absolute atomic E-state index is 5.99. The van der Waals surface area contributed by atoms with Gasteiger partial charge in [-0.15, -0.1) is 0 Å². The zero-order valence-electron chi connectivity index (χ0n) is 12.1. The van der Waals surface area contributed by atoms with E-state index in [4.69, 9.17) is 10.5 Å². The van der Waals surface area contributed by atoms with Crippen LogP contribution in [0, 0.1) is 6.92 Å². The highest BCUT2D eigenvalue weighted by molar-refractivity contribution is 9.10. The van der Waals surface area contributed by atoms with E-state index in [1.807, 2.05) is 18.2 Å². The lowest BCUT2D eigenvalue weighted by molar-refractivity contribution is 0.304. The van der Waals surface area contributed by atoms with E-state index < -0.39 is 0 Å². The maximum atomic E-state index is 5.99. The summed E-state index contributed by atoms with van der Waals surface area (Å²) in [4.78, 5) is 0. The third kappa shape index (κ3) is 3.54. The van der Waals surface area contributed by atoms with Gasteiger partial charge >= 0.3 is 0 Å². The molecule has 0 bridgehead atoms. The van der Waals surface area contributed by atoms with Gasteiger partial charge in [-0.05, 0) is 42.2 Å². The number of benzene rings is 2. The lowest BCUT2D eigenvalue weighted by Crippen LogP contribution is -2.02. The van der Waals surface area contributed by atoms with E-state index in [0.717, 1.165) is 27.0 Å². The van der Waals surface area contributed by atoms with Crippen molar-refractivity contribution in [2.45, 2.75) is 33.3 Å². The van der Waals surface area contributed by atoms with Gasteiger partial charge in [0.2, 0.25) is 0 Å². The van der Waals surface area contributed by atoms with Crippen molar-refractivity contribution in [3.63, 3.8) is 0 Å². The normalized spacial score (nSPS) is 10.8. The molecular weight excluding hydrogens is 314 g/mol. The molecule has 0 aliphatic heterocycles. The fraction of sp³-hybridized carbons (Fsp3) is 0.294. The summed E-state index contributed by atoms with van der Waals surface area (Å²) in [5.74, 6) is 1.43. The van der Waals surface area contributed by atoms with Crippen LogP contribution in [-0.2, 0) is 6.61 Å². The molecule has 0 amide bonds. The molecule has 2 aromatic rings. The molecule has 2 nitrogen and oxygen atoms in total. The fourth-order valence-electron chi connectivity index (χ4n) is 1.98. The molecule has 106 valence electrons. The minimum Gasteiger partial charge on any atom is -0.489 e. The molecule has 2 N–H and O–H groups in total. The Morgan fingerprint density at radius 1 is 1.15 bits per heavy atom. The van der Waals surface area contributed by atoms with E-state index >= 15 is 0 Å². The third-order valence-electron chi connectivity index (χ3n) is 3.37. The molecule has 0 aliphatic rings. The maximum Gasteiger partial charge on any atom is 0.123 e. The molecule has 0 spiro atoms. The van der Waals surface area contributed by atoms with Gasteiger partial charge < -0.3 is 10.5 Å². The van der Waals surface area contributed by atoms with Crippen LogP contribution in [0.15, 0.2) is 40.9 Å². The molecule has 0 fully saturated rings. The summed E-state index contributed by atoms with van der Waals surface area (Å²) >= 11 is 3.41. The number of nitrogen functional groups attached to an aromatic ring is 1. The first-order valence-corrected chi connectivity index (χ1v) is 7.54. The number of rotatable bonds is 4. The second kappa shape index (κ2) is 6.31. The van der Waals surface area contributed by atoms with E-state index in [1.54, 1.807) is 0 Å². The molecule has 0 saturated heterocycles. The van der Waals surface area contributed by atoms with Gasteiger partial charge in [-0.25, -0.2) is 0 Å². The molecule has 0 aliphatic carbocycles. The summed E-state index contributed by atoms with van der Waals surface area (Å²) in [6.45, 7) is 6.91. The van der Waals surface area contributed by atoms with Crippen LogP contribution in [0.25, 0.3) is 0 Å². The van der Waals surface area contributed by atoms with Gasteiger partial charge in [0.15, 0.2) is 0 Å². The molecule has 2 rings (SSSR count). The molecule has 0 radical (unpaired) electrons. The Balaban J connectivity index is 2.16. The van der Waals surface area contributed by atoms with Crippen molar-refractivity contribution in [2.75, 3.05) is 5.73 Å². The molecule has 3 heteroatoms. The van der Waals surface area contributed by atoms with Crippen molar-refractivity contribution in [3.05, 3.63) is 57.6 Å². The number of hydrogen-bond donors (Lipinski definition) is 1. The molecule has 0 saturated carbocycles. The minimum absolute atomic E-state index is 0.488. The molecule has 0 unspecified atom stereocenters. The first-order chi connectivity index (χ1) is 9.47. The number of ether oxygens (including phenoxy) is 1. The van der Waals surface area contributed by atoms with Crippen molar-refractivity contribution in [1.29, 1.82) is 0 Å². The third-order valence-corrected chi connectivity index (χ3v) is 3.86. The first kappa shape index (κ1) is 14.9. The average molecular weight is 334 g/mol. The molecule has 0 heterocycles. The van der Waals surface area contributed by atoms with E-state index in [-0.39, 0.29) is 0 Å². The quantitative estimate of drug-likeness (QED) is 0.795. The van der Waals surface area contributed by atoms with Crippen molar-refractivity contribution in [2.24, 2.45) is 0 Å². The SMILES string of the molecule is Cc1ccc(C(C)C)cc1OCc1ccc(Br)cc1N. The Bertz CT molecular complexity index is 608. The van der Waals surface area contributed by atoms with Crippen LogP contribution in [-0.4, -0.2) is 0 Å². The number of hydrogen-bond acceptors (Lipinski definition) is 2. The van der Waals surface area contributed by atoms with Gasteiger partial charge in [0, 0.05) is 15.7 Å². The summed E-state index contributed by atoms with van der Waals surface area (Å²) in [6, 6.07) is 12.2. The Morgan fingerprint density at radius 2 is 1.90 bits per heavy atom. The van der Waals surface area contributed by atoms with Gasteiger partial charge in [0.25, 0.3) is 0 Å². The smallest absolute Gasteiger partial charge is 0.123 e. The number of aryl methyl sites for hydroxylation is 1. The number of nitrogens with two attached hydrogens (primary N) is 1. The second-order valence-corrected chi connectivity index (χ2v) is 6.23.